The van der Waals surface area contributed by atoms with Gasteiger partial charge in [0.25, 0.3) is 0 Å². The average Bonchev–Trinajstić information content (AvgIpc) is 2.54. The second kappa shape index (κ2) is 11.8. The number of hydrogen-bond acceptors (Lipinski definition) is 4. The van der Waals surface area contributed by atoms with Gasteiger partial charge in [0.2, 0.25) is 0 Å². The van der Waals surface area contributed by atoms with E-state index in [1.807, 2.05) is 18.2 Å². The van der Waals surface area contributed by atoms with Crippen LogP contribution in [0.2, 0.25) is 0 Å². The number of esters is 1. The van der Waals surface area contributed by atoms with E-state index in [9.17, 15) is 9.59 Å². The standard InChI is InChI=1S/C19H29NO3/c1-2-3-4-5-6-10-13-23-19(22)15-17(20)14-18(21)16-11-8-7-9-12-16/h7-9,11-12,17H,2-6,10,13-15,20H2,1H3. The van der Waals surface area contributed by atoms with Crippen LogP contribution in [0.15, 0.2) is 30.3 Å². The maximum absolute atomic E-state index is 12.0. The number of nitrogens with two attached hydrogens (primary N) is 1. The summed E-state index contributed by atoms with van der Waals surface area (Å²) in [6, 6.07) is 8.51. The first-order chi connectivity index (χ1) is 11.1. The van der Waals surface area contributed by atoms with Gasteiger partial charge < -0.3 is 10.5 Å². The highest BCUT2D eigenvalue weighted by Gasteiger charge is 2.15. The number of benzene rings is 1. The molecule has 128 valence electrons. The second-order valence-electron chi connectivity index (χ2n) is 5.95. The third-order valence-electron chi connectivity index (χ3n) is 3.73. The Kier molecular flexibility index (Phi) is 9.96. The monoisotopic (exact) mass is 319 g/mol. The second-order valence-corrected chi connectivity index (χ2v) is 5.95. The van der Waals surface area contributed by atoms with Crippen LogP contribution in [0.4, 0.5) is 0 Å². The molecule has 2 N–H and O–H groups in total. The van der Waals surface area contributed by atoms with E-state index in [0.717, 1.165) is 12.8 Å². The minimum atomic E-state index is -0.486. The Bertz CT molecular complexity index is 459. The van der Waals surface area contributed by atoms with Crippen molar-refractivity contribution in [2.45, 2.75) is 64.3 Å². The molecule has 0 spiro atoms. The summed E-state index contributed by atoms with van der Waals surface area (Å²) in [4.78, 5) is 23.7. The van der Waals surface area contributed by atoms with Crippen LogP contribution in [-0.2, 0) is 9.53 Å². The fourth-order valence-electron chi connectivity index (χ4n) is 2.39. The first-order valence-corrected chi connectivity index (χ1v) is 8.63. The third-order valence-corrected chi connectivity index (χ3v) is 3.73. The summed E-state index contributed by atoms with van der Waals surface area (Å²) in [6.07, 6.45) is 7.18. The van der Waals surface area contributed by atoms with Crippen LogP contribution in [-0.4, -0.2) is 24.4 Å². The van der Waals surface area contributed by atoms with Crippen LogP contribution >= 0.6 is 0 Å². The molecule has 0 aromatic heterocycles. The van der Waals surface area contributed by atoms with E-state index in [1.54, 1.807) is 12.1 Å². The van der Waals surface area contributed by atoms with Crippen molar-refractivity contribution in [3.63, 3.8) is 0 Å². The van der Waals surface area contributed by atoms with Crippen molar-refractivity contribution in [3.8, 4) is 0 Å². The Balaban J connectivity index is 2.13. The molecule has 0 saturated heterocycles. The summed E-state index contributed by atoms with van der Waals surface area (Å²) in [7, 11) is 0. The fourth-order valence-corrected chi connectivity index (χ4v) is 2.39. The number of carbonyl (C=O) groups excluding carboxylic acids is 2. The molecule has 0 bridgehead atoms. The van der Waals surface area contributed by atoms with Crippen LogP contribution in [0.1, 0.15) is 68.6 Å². The number of ether oxygens (including phenoxy) is 1. The summed E-state index contributed by atoms with van der Waals surface area (Å²) >= 11 is 0. The topological polar surface area (TPSA) is 69.4 Å². The number of unbranched alkanes of at least 4 members (excludes halogenated alkanes) is 5. The number of hydrogen-bond donors (Lipinski definition) is 1. The molecule has 0 fully saturated rings. The zero-order chi connectivity index (χ0) is 16.9. The summed E-state index contributed by atoms with van der Waals surface area (Å²) in [6.45, 7) is 2.64. The minimum absolute atomic E-state index is 0.0400. The Morgan fingerprint density at radius 2 is 1.65 bits per heavy atom. The maximum atomic E-state index is 12.0. The molecule has 0 amide bonds. The molecule has 0 aliphatic heterocycles. The summed E-state index contributed by atoms with van der Waals surface area (Å²) < 4.78 is 5.18. The lowest BCUT2D eigenvalue weighted by molar-refractivity contribution is -0.144. The van der Waals surface area contributed by atoms with E-state index >= 15 is 0 Å². The van der Waals surface area contributed by atoms with Crippen molar-refractivity contribution in [3.05, 3.63) is 35.9 Å². The predicted octanol–water partition coefficient (Wildman–Crippen LogP) is 3.88. The van der Waals surface area contributed by atoms with Crippen LogP contribution in [0.25, 0.3) is 0 Å². The van der Waals surface area contributed by atoms with Gasteiger partial charge in [0.15, 0.2) is 5.78 Å². The molecule has 0 aliphatic carbocycles. The average molecular weight is 319 g/mol. The Morgan fingerprint density at radius 3 is 2.35 bits per heavy atom. The number of carbonyl (C=O) groups is 2. The lowest BCUT2D eigenvalue weighted by Gasteiger charge is -2.11. The first kappa shape index (κ1) is 19.4. The largest absolute Gasteiger partial charge is 0.466 e. The van der Waals surface area contributed by atoms with Crippen LogP contribution in [0, 0.1) is 0 Å². The van der Waals surface area contributed by atoms with E-state index in [1.165, 1.54) is 25.7 Å². The summed E-state index contributed by atoms with van der Waals surface area (Å²) in [5, 5.41) is 0. The predicted molar refractivity (Wildman–Crippen MR) is 92.3 cm³/mol. The van der Waals surface area contributed by atoms with E-state index in [2.05, 4.69) is 6.92 Å². The van der Waals surface area contributed by atoms with Crippen LogP contribution < -0.4 is 5.73 Å². The number of rotatable bonds is 12. The minimum Gasteiger partial charge on any atom is -0.466 e. The number of Topliss-reactive ketones (excluding diaryl/α,β-unsaturated/α-hetero) is 1. The van der Waals surface area contributed by atoms with E-state index in [4.69, 9.17) is 10.5 Å². The highest BCUT2D eigenvalue weighted by molar-refractivity contribution is 5.96. The number of ketones is 1. The molecule has 23 heavy (non-hydrogen) atoms. The highest BCUT2D eigenvalue weighted by atomic mass is 16.5. The zero-order valence-electron chi connectivity index (χ0n) is 14.1. The highest BCUT2D eigenvalue weighted by Crippen LogP contribution is 2.08. The van der Waals surface area contributed by atoms with Gasteiger partial charge >= 0.3 is 5.97 Å². The molecule has 1 rings (SSSR count). The van der Waals surface area contributed by atoms with E-state index < -0.39 is 6.04 Å². The molecule has 0 aliphatic rings. The van der Waals surface area contributed by atoms with Gasteiger partial charge in [-0.05, 0) is 6.42 Å². The molecule has 4 heteroatoms. The summed E-state index contributed by atoms with van der Waals surface area (Å²) in [5.74, 6) is -0.353. The van der Waals surface area contributed by atoms with Crippen molar-refractivity contribution >= 4 is 11.8 Å². The van der Waals surface area contributed by atoms with Crippen molar-refractivity contribution in [1.29, 1.82) is 0 Å². The molecule has 0 radical (unpaired) electrons. The molecule has 4 nitrogen and oxygen atoms in total. The molecule has 1 unspecified atom stereocenters. The quantitative estimate of drug-likeness (QED) is 0.360. The lowest BCUT2D eigenvalue weighted by atomic mass is 10.0. The molecule has 1 aromatic carbocycles. The van der Waals surface area contributed by atoms with Crippen molar-refractivity contribution in [2.24, 2.45) is 5.73 Å². The van der Waals surface area contributed by atoms with Gasteiger partial charge in [-0.25, -0.2) is 0 Å². The molecule has 0 heterocycles. The van der Waals surface area contributed by atoms with Gasteiger partial charge in [0.05, 0.1) is 13.0 Å². The molecule has 1 aromatic rings. The SMILES string of the molecule is CCCCCCCCOC(=O)CC(N)CC(=O)c1ccccc1. The first-order valence-electron chi connectivity index (χ1n) is 8.63. The van der Waals surface area contributed by atoms with E-state index in [0.29, 0.717) is 12.2 Å². The van der Waals surface area contributed by atoms with Gasteiger partial charge in [-0.2, -0.15) is 0 Å². The zero-order valence-corrected chi connectivity index (χ0v) is 14.1. The van der Waals surface area contributed by atoms with Crippen LogP contribution in [0.5, 0.6) is 0 Å². The van der Waals surface area contributed by atoms with Gasteiger partial charge in [-0.3, -0.25) is 9.59 Å². The van der Waals surface area contributed by atoms with Crippen molar-refractivity contribution < 1.29 is 14.3 Å². The van der Waals surface area contributed by atoms with Crippen LogP contribution in [0.3, 0.4) is 0 Å². The van der Waals surface area contributed by atoms with Gasteiger partial charge in [0.1, 0.15) is 0 Å². The lowest BCUT2D eigenvalue weighted by Crippen LogP contribution is -2.28. The van der Waals surface area contributed by atoms with Gasteiger partial charge in [-0.1, -0.05) is 69.4 Å². The van der Waals surface area contributed by atoms with E-state index in [-0.39, 0.29) is 24.6 Å². The van der Waals surface area contributed by atoms with Gasteiger partial charge in [-0.15, -0.1) is 0 Å². The fraction of sp³-hybridized carbons (Fsp3) is 0.579. The van der Waals surface area contributed by atoms with Gasteiger partial charge in [0, 0.05) is 18.0 Å². The summed E-state index contributed by atoms with van der Waals surface area (Å²) in [5.41, 5.74) is 6.50. The molecular weight excluding hydrogens is 290 g/mol. The normalized spacial score (nSPS) is 11.9. The molecule has 1 atom stereocenters. The van der Waals surface area contributed by atoms with Crippen molar-refractivity contribution in [2.75, 3.05) is 6.61 Å². The third kappa shape index (κ3) is 9.14. The molecule has 0 saturated carbocycles. The molecular formula is C19H29NO3. The Morgan fingerprint density at radius 1 is 1.00 bits per heavy atom. The Labute approximate surface area is 139 Å². The van der Waals surface area contributed by atoms with Crippen molar-refractivity contribution in [1.82, 2.24) is 0 Å². The maximum Gasteiger partial charge on any atom is 0.307 e. The Hall–Kier alpha value is -1.68. The smallest absolute Gasteiger partial charge is 0.307 e.